The molecule has 4 aliphatic heterocycles. The number of benzene rings is 4. The number of piperazine rings is 1. The monoisotopic (exact) mass is 737 g/mol. The number of hydrogen-bond acceptors (Lipinski definition) is 7. The number of fused-ring (bicyclic) bond motifs is 2. The Morgan fingerprint density at radius 1 is 0.691 bits per heavy atom. The van der Waals surface area contributed by atoms with Crippen LogP contribution in [-0.4, -0.2) is 77.6 Å². The van der Waals surface area contributed by atoms with Crippen LogP contribution in [0.15, 0.2) is 91.0 Å². The molecule has 9 rings (SSSR count). The number of nitrogens with one attached hydrogen (secondary N) is 1. The zero-order valence-corrected chi connectivity index (χ0v) is 32.4. The summed E-state index contributed by atoms with van der Waals surface area (Å²) < 4.78 is 0. The number of aryl methyl sites for hydroxylation is 1. The fraction of sp³-hybridized carbons (Fsp3) is 0.447. The van der Waals surface area contributed by atoms with Gasteiger partial charge in [-0.3, -0.25) is 24.7 Å². The lowest BCUT2D eigenvalue weighted by Crippen LogP contribution is -2.58. The molecule has 286 valence electrons. The van der Waals surface area contributed by atoms with Crippen molar-refractivity contribution in [3.05, 3.63) is 124 Å². The normalized spacial score (nSPS) is 26.5. The third kappa shape index (κ3) is 7.27. The first-order chi connectivity index (χ1) is 26.8. The quantitative estimate of drug-likeness (QED) is 0.195. The third-order valence-electron chi connectivity index (χ3n) is 13.6. The van der Waals surface area contributed by atoms with Gasteiger partial charge in [0, 0.05) is 81.6 Å². The summed E-state index contributed by atoms with van der Waals surface area (Å²) in [5.74, 6) is 1.44. The second kappa shape index (κ2) is 15.1. The first kappa shape index (κ1) is 36.0. The number of nitrogens with zero attached hydrogens (tertiary/aromatic N) is 4. The number of carbonyl (C=O) groups excluding carboxylic acids is 2. The number of imide groups is 1. The summed E-state index contributed by atoms with van der Waals surface area (Å²) in [6.45, 7) is 11.7. The molecule has 4 aromatic carbocycles. The third-order valence-corrected chi connectivity index (χ3v) is 13.6. The molecule has 0 aromatic heterocycles. The second-order valence-electron chi connectivity index (χ2n) is 17.1. The van der Waals surface area contributed by atoms with E-state index in [1.165, 1.54) is 57.6 Å². The SMILES string of the molecule is CC1CN(c2ccc3c(c2)CN(C2CCC(=O)NC2=O)C3)CC(C)N1CC1CCN(c2ccc([C@@H]3c4ccc(O)cc4CC[C@@H]3c3ccccc3)cc2)CC1. The average molecular weight is 738 g/mol. The van der Waals surface area contributed by atoms with Crippen molar-refractivity contribution in [1.29, 1.82) is 0 Å². The van der Waals surface area contributed by atoms with Crippen LogP contribution in [0.1, 0.15) is 91.2 Å². The molecule has 5 atom stereocenters. The van der Waals surface area contributed by atoms with Gasteiger partial charge in [-0.2, -0.15) is 0 Å². The molecular formula is C47H55N5O3. The Kier molecular flexibility index (Phi) is 9.89. The molecule has 3 unspecified atom stereocenters. The lowest BCUT2D eigenvalue weighted by atomic mass is 9.69. The Balaban J connectivity index is 0.802. The molecule has 0 saturated carbocycles. The number of amides is 2. The number of hydrogen-bond donors (Lipinski definition) is 2. The zero-order chi connectivity index (χ0) is 37.6. The lowest BCUT2D eigenvalue weighted by molar-refractivity contribution is -0.137. The summed E-state index contributed by atoms with van der Waals surface area (Å²) in [4.78, 5) is 34.4. The molecule has 5 aliphatic rings. The van der Waals surface area contributed by atoms with Crippen LogP contribution in [0, 0.1) is 5.92 Å². The van der Waals surface area contributed by atoms with Crippen LogP contribution in [-0.2, 0) is 29.1 Å². The summed E-state index contributed by atoms with van der Waals surface area (Å²) in [6, 6.07) is 34.0. The maximum absolute atomic E-state index is 12.5. The maximum atomic E-state index is 12.5. The predicted octanol–water partition coefficient (Wildman–Crippen LogP) is 7.19. The van der Waals surface area contributed by atoms with Crippen LogP contribution in [0.3, 0.4) is 0 Å². The number of carbonyl (C=O) groups is 2. The van der Waals surface area contributed by atoms with Gasteiger partial charge in [0.2, 0.25) is 11.8 Å². The van der Waals surface area contributed by atoms with E-state index in [4.69, 9.17) is 0 Å². The van der Waals surface area contributed by atoms with Gasteiger partial charge in [0.1, 0.15) is 5.75 Å². The Bertz CT molecular complexity index is 2010. The van der Waals surface area contributed by atoms with E-state index in [1.54, 1.807) is 0 Å². The molecule has 4 heterocycles. The largest absolute Gasteiger partial charge is 0.508 e. The minimum atomic E-state index is -0.222. The highest BCUT2D eigenvalue weighted by molar-refractivity contribution is 6.00. The van der Waals surface area contributed by atoms with Crippen molar-refractivity contribution in [3.63, 3.8) is 0 Å². The van der Waals surface area contributed by atoms with Crippen molar-refractivity contribution in [2.45, 2.75) is 95.4 Å². The molecule has 4 aromatic rings. The average Bonchev–Trinajstić information content (AvgIpc) is 3.62. The van der Waals surface area contributed by atoms with E-state index in [1.807, 2.05) is 12.1 Å². The first-order valence-electron chi connectivity index (χ1n) is 20.7. The Labute approximate surface area is 326 Å². The highest BCUT2D eigenvalue weighted by atomic mass is 16.3. The van der Waals surface area contributed by atoms with Gasteiger partial charge >= 0.3 is 0 Å². The van der Waals surface area contributed by atoms with Gasteiger partial charge in [-0.15, -0.1) is 0 Å². The van der Waals surface area contributed by atoms with Gasteiger partial charge in [-0.25, -0.2) is 0 Å². The number of piperidine rings is 2. The van der Waals surface area contributed by atoms with Crippen LogP contribution in [0.25, 0.3) is 0 Å². The summed E-state index contributed by atoms with van der Waals surface area (Å²) in [5, 5.41) is 12.8. The van der Waals surface area contributed by atoms with Gasteiger partial charge in [0.25, 0.3) is 0 Å². The molecule has 8 heteroatoms. The standard InChI is InChI=1S/C47H55N5O3/c1-31-26-50(40-14-10-37-29-51(30-38(37)24-40)44-18-19-45(54)48-47(44)55)27-32(2)52(31)28-33-20-22-49(23-21-33)39-12-8-35(9-13-39)46-42(34-6-4-3-5-7-34)16-11-36-25-41(53)15-17-43(36)46/h3-10,12-15,17,24-25,31-33,42,44,46,53H,11,16,18-23,26-30H2,1-2H3,(H,48,54,55)/t31?,32?,42-,44?,46+/m1/s1. The van der Waals surface area contributed by atoms with Gasteiger partial charge in [-0.05, 0) is 128 Å². The molecule has 8 nitrogen and oxygen atoms in total. The van der Waals surface area contributed by atoms with E-state index >= 15 is 0 Å². The molecule has 55 heavy (non-hydrogen) atoms. The highest BCUT2D eigenvalue weighted by Gasteiger charge is 2.37. The van der Waals surface area contributed by atoms with E-state index < -0.39 is 0 Å². The van der Waals surface area contributed by atoms with Crippen LogP contribution in [0.4, 0.5) is 11.4 Å². The number of aromatic hydroxyl groups is 1. The predicted molar refractivity (Wildman–Crippen MR) is 219 cm³/mol. The molecule has 0 radical (unpaired) electrons. The van der Waals surface area contributed by atoms with Crippen molar-refractivity contribution >= 4 is 23.2 Å². The number of rotatable bonds is 7. The van der Waals surface area contributed by atoms with E-state index in [2.05, 4.69) is 118 Å². The number of anilines is 2. The topological polar surface area (TPSA) is 79.4 Å². The molecule has 0 spiro atoms. The summed E-state index contributed by atoms with van der Waals surface area (Å²) in [5.41, 5.74) is 10.6. The molecule has 2 N–H and O–H groups in total. The van der Waals surface area contributed by atoms with Gasteiger partial charge < -0.3 is 14.9 Å². The Morgan fingerprint density at radius 2 is 1.42 bits per heavy atom. The summed E-state index contributed by atoms with van der Waals surface area (Å²) in [7, 11) is 0. The second-order valence-corrected chi connectivity index (χ2v) is 17.1. The van der Waals surface area contributed by atoms with Crippen molar-refractivity contribution < 1.29 is 14.7 Å². The van der Waals surface area contributed by atoms with Gasteiger partial charge in [0.15, 0.2) is 0 Å². The van der Waals surface area contributed by atoms with Crippen molar-refractivity contribution in [2.24, 2.45) is 5.92 Å². The first-order valence-corrected chi connectivity index (χ1v) is 20.7. The van der Waals surface area contributed by atoms with Gasteiger partial charge in [-0.1, -0.05) is 54.6 Å². The summed E-state index contributed by atoms with van der Waals surface area (Å²) in [6.07, 6.45) is 5.52. The fourth-order valence-electron chi connectivity index (χ4n) is 10.6. The molecule has 0 bridgehead atoms. The summed E-state index contributed by atoms with van der Waals surface area (Å²) >= 11 is 0. The van der Waals surface area contributed by atoms with Crippen LogP contribution in [0.2, 0.25) is 0 Å². The Morgan fingerprint density at radius 3 is 2.16 bits per heavy atom. The van der Waals surface area contributed by atoms with E-state index in [9.17, 15) is 14.7 Å². The van der Waals surface area contributed by atoms with E-state index in [0.29, 0.717) is 42.5 Å². The zero-order valence-electron chi connectivity index (χ0n) is 32.4. The van der Waals surface area contributed by atoms with Crippen LogP contribution >= 0.6 is 0 Å². The fourth-order valence-corrected chi connectivity index (χ4v) is 10.6. The van der Waals surface area contributed by atoms with Crippen LogP contribution in [0.5, 0.6) is 5.75 Å². The van der Waals surface area contributed by atoms with Gasteiger partial charge in [0.05, 0.1) is 6.04 Å². The smallest absolute Gasteiger partial charge is 0.243 e. The molecular weight excluding hydrogens is 683 g/mol. The van der Waals surface area contributed by atoms with Crippen LogP contribution < -0.4 is 15.1 Å². The van der Waals surface area contributed by atoms with Crippen molar-refractivity contribution in [1.82, 2.24) is 15.1 Å². The van der Waals surface area contributed by atoms with E-state index in [-0.39, 0.29) is 23.8 Å². The van der Waals surface area contributed by atoms with Crippen molar-refractivity contribution in [3.8, 4) is 5.75 Å². The molecule has 3 fully saturated rings. The number of phenols is 1. The maximum Gasteiger partial charge on any atom is 0.243 e. The Hall–Kier alpha value is -4.66. The van der Waals surface area contributed by atoms with E-state index in [0.717, 1.165) is 58.7 Å². The lowest BCUT2D eigenvalue weighted by Gasteiger charge is -2.47. The van der Waals surface area contributed by atoms with Crippen molar-refractivity contribution in [2.75, 3.05) is 42.5 Å². The minimum absolute atomic E-state index is 0.148. The highest BCUT2D eigenvalue weighted by Crippen LogP contribution is 2.47. The molecule has 1 aliphatic carbocycles. The number of phenolic OH excluding ortho intramolecular Hbond substituents is 1. The molecule has 3 saturated heterocycles. The minimum Gasteiger partial charge on any atom is -0.508 e. The molecule has 2 amide bonds.